The van der Waals surface area contributed by atoms with Crippen LogP contribution in [0.15, 0.2) is 66.7 Å². The van der Waals surface area contributed by atoms with Crippen LogP contribution in [0.1, 0.15) is 54.2 Å². The maximum absolute atomic E-state index is 14.1. The van der Waals surface area contributed by atoms with Crippen LogP contribution in [0, 0.1) is 11.6 Å². The second kappa shape index (κ2) is 9.63. The Labute approximate surface area is 198 Å². The van der Waals surface area contributed by atoms with E-state index in [1.807, 2.05) is 35.2 Å². The van der Waals surface area contributed by atoms with E-state index in [1.165, 1.54) is 24.3 Å². The Bertz CT molecular complexity index is 1180. The van der Waals surface area contributed by atoms with E-state index in [2.05, 4.69) is 0 Å². The predicted octanol–water partition coefficient (Wildman–Crippen LogP) is 5.36. The number of amides is 1. The van der Waals surface area contributed by atoms with Crippen LogP contribution in [-0.4, -0.2) is 35.5 Å². The summed E-state index contributed by atoms with van der Waals surface area (Å²) in [6.45, 7) is 1.60. The second-order valence-corrected chi connectivity index (χ2v) is 9.22. The molecule has 0 aliphatic carbocycles. The summed E-state index contributed by atoms with van der Waals surface area (Å²) in [6.07, 6.45) is 3.31. The fourth-order valence-electron chi connectivity index (χ4n) is 5.36. The van der Waals surface area contributed by atoms with Gasteiger partial charge < -0.3 is 9.64 Å². The van der Waals surface area contributed by atoms with Crippen LogP contribution in [0.3, 0.4) is 0 Å². The van der Waals surface area contributed by atoms with Crippen molar-refractivity contribution in [3.63, 3.8) is 0 Å². The molecule has 5 rings (SSSR count). The zero-order valence-corrected chi connectivity index (χ0v) is 19.1. The molecular formula is C28H28F2N2O2. The summed E-state index contributed by atoms with van der Waals surface area (Å²) in [5, 5.41) is 0. The number of likely N-dealkylation sites (tertiary alicyclic amines) is 1. The molecule has 0 spiro atoms. The lowest BCUT2D eigenvalue weighted by Gasteiger charge is -2.40. The first-order valence-electron chi connectivity index (χ1n) is 11.9. The summed E-state index contributed by atoms with van der Waals surface area (Å²) in [4.78, 5) is 20.9. The van der Waals surface area contributed by atoms with Gasteiger partial charge in [0.2, 0.25) is 5.91 Å². The fraction of sp³-hybridized carbons (Fsp3) is 0.357. The van der Waals surface area contributed by atoms with Crippen molar-refractivity contribution in [2.45, 2.75) is 43.6 Å². The average molecular weight is 463 g/mol. The summed E-state index contributed by atoms with van der Waals surface area (Å²) in [7, 11) is 0. The minimum absolute atomic E-state index is 0.0289. The molecule has 1 aromatic heterocycles. The van der Waals surface area contributed by atoms with Crippen molar-refractivity contribution >= 4 is 5.91 Å². The number of carbonyl (C=O) groups excluding carboxylic acids is 1. The van der Waals surface area contributed by atoms with Gasteiger partial charge in [-0.15, -0.1) is 0 Å². The highest BCUT2D eigenvalue weighted by Crippen LogP contribution is 2.41. The van der Waals surface area contributed by atoms with Crippen LogP contribution >= 0.6 is 0 Å². The van der Waals surface area contributed by atoms with E-state index in [1.54, 1.807) is 12.1 Å². The zero-order chi connectivity index (χ0) is 23.5. The van der Waals surface area contributed by atoms with Gasteiger partial charge >= 0.3 is 0 Å². The van der Waals surface area contributed by atoms with Gasteiger partial charge in [-0.3, -0.25) is 9.78 Å². The first kappa shape index (κ1) is 22.7. The molecule has 2 aliphatic heterocycles. The molecule has 1 atom stereocenters. The van der Waals surface area contributed by atoms with Crippen LogP contribution < -0.4 is 0 Å². The van der Waals surface area contributed by atoms with Gasteiger partial charge in [-0.25, -0.2) is 8.78 Å². The molecule has 1 amide bonds. The van der Waals surface area contributed by atoms with Crippen LogP contribution in [0.25, 0.3) is 0 Å². The monoisotopic (exact) mass is 462 g/mol. The highest BCUT2D eigenvalue weighted by molar-refractivity contribution is 5.89. The maximum Gasteiger partial charge on any atom is 0.233 e. The summed E-state index contributed by atoms with van der Waals surface area (Å²) in [6, 6.07) is 18.7. The molecule has 3 aromatic rings. The molecular weight excluding hydrogens is 434 g/mol. The number of hydrogen-bond acceptors (Lipinski definition) is 3. The number of nitrogens with zero attached hydrogens (tertiary/aromatic N) is 2. The number of ether oxygens (including phenoxy) is 1. The lowest BCUT2D eigenvalue weighted by Crippen LogP contribution is -2.49. The van der Waals surface area contributed by atoms with E-state index in [-0.39, 0.29) is 23.6 Å². The van der Waals surface area contributed by atoms with Crippen molar-refractivity contribution in [1.29, 1.82) is 0 Å². The van der Waals surface area contributed by atoms with E-state index in [9.17, 15) is 13.6 Å². The minimum Gasteiger partial charge on any atom is -0.381 e. The summed E-state index contributed by atoms with van der Waals surface area (Å²) in [5.41, 5.74) is 2.48. The van der Waals surface area contributed by atoms with Crippen molar-refractivity contribution in [2.24, 2.45) is 0 Å². The lowest BCUT2D eigenvalue weighted by atomic mass is 9.72. The average Bonchev–Trinajstić information content (AvgIpc) is 3.34. The molecule has 0 unspecified atom stereocenters. The third-order valence-corrected chi connectivity index (χ3v) is 7.09. The Morgan fingerprint density at radius 2 is 1.74 bits per heavy atom. The Morgan fingerprint density at radius 3 is 2.50 bits per heavy atom. The van der Waals surface area contributed by atoms with Crippen molar-refractivity contribution in [3.8, 4) is 0 Å². The summed E-state index contributed by atoms with van der Waals surface area (Å²) < 4.78 is 33.3. The number of halogens is 2. The predicted molar refractivity (Wildman–Crippen MR) is 125 cm³/mol. The van der Waals surface area contributed by atoms with Gasteiger partial charge in [-0.05, 0) is 73.2 Å². The van der Waals surface area contributed by atoms with Gasteiger partial charge in [0.05, 0.1) is 17.2 Å². The highest BCUT2D eigenvalue weighted by atomic mass is 19.1. The van der Waals surface area contributed by atoms with E-state index in [0.29, 0.717) is 39.0 Å². The second-order valence-electron chi connectivity index (χ2n) is 9.22. The Balaban J connectivity index is 1.43. The molecule has 0 bridgehead atoms. The molecule has 176 valence electrons. The van der Waals surface area contributed by atoms with Gasteiger partial charge in [-0.2, -0.15) is 0 Å². The molecule has 2 fully saturated rings. The van der Waals surface area contributed by atoms with Gasteiger partial charge in [0.25, 0.3) is 0 Å². The number of carbonyl (C=O) groups is 1. The SMILES string of the molecule is O=C(N1CCC[C@H]1c1cccc(Cc2cccc(F)c2)n1)C1(c2cccc(F)c2)CCOCC1. The standard InChI is InChI=1S/C28H28F2N2O2/c29-22-7-1-5-20(17-22)18-24-9-3-10-25(31-24)26-11-4-14-32(26)27(33)28(12-15-34-16-13-28)21-6-2-8-23(30)19-21/h1-3,5-10,17,19,26H,4,11-16,18H2/t26-/m0/s1. The molecule has 2 aromatic carbocycles. The van der Waals surface area contributed by atoms with Crippen LogP contribution in [-0.2, 0) is 21.4 Å². The smallest absolute Gasteiger partial charge is 0.233 e. The fourth-order valence-corrected chi connectivity index (χ4v) is 5.36. The van der Waals surface area contributed by atoms with Crippen LogP contribution in [0.5, 0.6) is 0 Å². The number of pyridine rings is 1. The molecule has 3 heterocycles. The largest absolute Gasteiger partial charge is 0.381 e. The normalized spacial score (nSPS) is 19.8. The van der Waals surface area contributed by atoms with Crippen molar-refractivity contribution in [3.05, 3.63) is 101 Å². The molecule has 0 saturated carbocycles. The third kappa shape index (κ3) is 4.47. The van der Waals surface area contributed by atoms with E-state index in [0.717, 1.165) is 35.4 Å². The van der Waals surface area contributed by atoms with Gasteiger partial charge in [0, 0.05) is 31.9 Å². The maximum atomic E-state index is 14.1. The number of hydrogen-bond donors (Lipinski definition) is 0. The van der Waals surface area contributed by atoms with E-state index >= 15 is 0 Å². The first-order valence-corrected chi connectivity index (χ1v) is 11.9. The van der Waals surface area contributed by atoms with E-state index in [4.69, 9.17) is 9.72 Å². The van der Waals surface area contributed by atoms with E-state index < -0.39 is 5.41 Å². The topological polar surface area (TPSA) is 42.4 Å². The molecule has 6 heteroatoms. The van der Waals surface area contributed by atoms with Crippen molar-refractivity contribution in [1.82, 2.24) is 9.88 Å². The summed E-state index contributed by atoms with van der Waals surface area (Å²) in [5.74, 6) is -0.567. The quantitative estimate of drug-likeness (QED) is 0.513. The number of benzene rings is 2. The molecule has 2 aliphatic rings. The molecule has 0 radical (unpaired) electrons. The van der Waals surface area contributed by atoms with Gasteiger partial charge in [0.15, 0.2) is 0 Å². The lowest BCUT2D eigenvalue weighted by molar-refractivity contribution is -0.142. The Hall–Kier alpha value is -3.12. The molecule has 0 N–H and O–H groups in total. The number of aromatic nitrogens is 1. The Morgan fingerprint density at radius 1 is 1.00 bits per heavy atom. The molecule has 2 saturated heterocycles. The first-order chi connectivity index (χ1) is 16.5. The third-order valence-electron chi connectivity index (χ3n) is 7.09. The molecule has 34 heavy (non-hydrogen) atoms. The number of rotatable bonds is 5. The van der Waals surface area contributed by atoms with Crippen molar-refractivity contribution in [2.75, 3.05) is 19.8 Å². The van der Waals surface area contributed by atoms with Gasteiger partial charge in [0.1, 0.15) is 11.6 Å². The summed E-state index contributed by atoms with van der Waals surface area (Å²) >= 11 is 0. The van der Waals surface area contributed by atoms with Gasteiger partial charge in [-0.1, -0.05) is 30.3 Å². The zero-order valence-electron chi connectivity index (χ0n) is 19.1. The minimum atomic E-state index is -0.790. The van der Waals surface area contributed by atoms with Crippen LogP contribution in [0.2, 0.25) is 0 Å². The van der Waals surface area contributed by atoms with Crippen molar-refractivity contribution < 1.29 is 18.3 Å². The molecule has 4 nitrogen and oxygen atoms in total. The van der Waals surface area contributed by atoms with Crippen LogP contribution in [0.4, 0.5) is 8.78 Å². The Kier molecular flexibility index (Phi) is 6.42. The highest BCUT2D eigenvalue weighted by Gasteiger charge is 2.47.